The lowest BCUT2D eigenvalue weighted by Gasteiger charge is -2.44. The fourth-order valence-corrected chi connectivity index (χ4v) is 5.26. The van der Waals surface area contributed by atoms with Gasteiger partial charge in [0, 0.05) is 38.3 Å². The number of aromatic nitrogens is 2. The first kappa shape index (κ1) is 24.7. The summed E-state index contributed by atoms with van der Waals surface area (Å²) in [4.78, 5) is 28.1. The molecule has 9 heteroatoms. The fraction of sp³-hybridized carbons (Fsp3) is 0.538. The average molecular weight is 477 g/mol. The van der Waals surface area contributed by atoms with E-state index in [1.54, 1.807) is 0 Å². The molecule has 3 N–H and O–H groups in total. The van der Waals surface area contributed by atoms with Crippen LogP contribution in [0.15, 0.2) is 36.5 Å². The van der Waals surface area contributed by atoms with Crippen LogP contribution in [-0.2, 0) is 6.54 Å². The number of nitrogens with one attached hydrogen (secondary N) is 1. The Morgan fingerprint density at radius 1 is 1.17 bits per heavy atom. The SMILES string of the molecule is C[C@@H]1CN(c2ncc(C#N)c(N)n2)C[C@H](C)N1C(=O)NCCC1CCN(Cc2ccccc2)CC1. The number of hydrogen-bond donors (Lipinski definition) is 2. The smallest absolute Gasteiger partial charge is 0.318 e. The molecule has 1 aromatic carbocycles. The van der Waals surface area contributed by atoms with Gasteiger partial charge in [-0.2, -0.15) is 10.2 Å². The van der Waals surface area contributed by atoms with Crippen LogP contribution in [0.1, 0.15) is 44.2 Å². The summed E-state index contributed by atoms with van der Waals surface area (Å²) in [5.41, 5.74) is 7.51. The number of carbonyl (C=O) groups excluding carboxylic acids is 1. The molecule has 0 bridgehead atoms. The zero-order chi connectivity index (χ0) is 24.8. The van der Waals surface area contributed by atoms with Crippen LogP contribution in [0.2, 0.25) is 0 Å². The van der Waals surface area contributed by atoms with Gasteiger partial charge in [-0.25, -0.2) is 9.78 Å². The highest BCUT2D eigenvalue weighted by Crippen LogP contribution is 2.23. The number of amides is 2. The van der Waals surface area contributed by atoms with Gasteiger partial charge in [-0.1, -0.05) is 30.3 Å². The van der Waals surface area contributed by atoms with E-state index in [4.69, 9.17) is 11.0 Å². The molecule has 0 saturated carbocycles. The zero-order valence-electron chi connectivity index (χ0n) is 20.7. The number of carbonyl (C=O) groups is 1. The third-order valence-corrected chi connectivity index (χ3v) is 7.15. The molecule has 186 valence electrons. The third kappa shape index (κ3) is 6.20. The third-order valence-electron chi connectivity index (χ3n) is 7.15. The lowest BCUT2D eigenvalue weighted by molar-refractivity contribution is 0.139. The van der Waals surface area contributed by atoms with Crippen molar-refractivity contribution in [1.82, 2.24) is 25.1 Å². The van der Waals surface area contributed by atoms with Crippen molar-refractivity contribution in [2.24, 2.45) is 5.92 Å². The highest BCUT2D eigenvalue weighted by Gasteiger charge is 2.34. The predicted octanol–water partition coefficient (Wildman–Crippen LogP) is 2.84. The van der Waals surface area contributed by atoms with E-state index in [1.807, 2.05) is 29.7 Å². The fourth-order valence-electron chi connectivity index (χ4n) is 5.26. The van der Waals surface area contributed by atoms with Gasteiger partial charge < -0.3 is 20.9 Å². The Balaban J connectivity index is 1.20. The van der Waals surface area contributed by atoms with E-state index < -0.39 is 0 Å². The van der Waals surface area contributed by atoms with E-state index in [0.29, 0.717) is 31.5 Å². The Kier molecular flexibility index (Phi) is 8.03. The Morgan fingerprint density at radius 2 is 1.86 bits per heavy atom. The number of nitrogens with zero attached hydrogens (tertiary/aromatic N) is 6. The predicted molar refractivity (Wildman–Crippen MR) is 137 cm³/mol. The molecule has 2 saturated heterocycles. The minimum absolute atomic E-state index is 0.000410. The number of nitriles is 1. The number of rotatable bonds is 6. The summed E-state index contributed by atoms with van der Waals surface area (Å²) in [5, 5.41) is 12.2. The van der Waals surface area contributed by atoms with Gasteiger partial charge in [-0.15, -0.1) is 0 Å². The average Bonchev–Trinajstić information content (AvgIpc) is 2.85. The van der Waals surface area contributed by atoms with Gasteiger partial charge >= 0.3 is 6.03 Å². The van der Waals surface area contributed by atoms with Gasteiger partial charge in [0.25, 0.3) is 0 Å². The summed E-state index contributed by atoms with van der Waals surface area (Å²) in [5.74, 6) is 1.34. The molecule has 0 aliphatic carbocycles. The van der Waals surface area contributed by atoms with Gasteiger partial charge in [0.05, 0.1) is 6.20 Å². The van der Waals surface area contributed by atoms with Gasteiger partial charge in [0.15, 0.2) is 0 Å². The molecule has 9 nitrogen and oxygen atoms in total. The maximum atomic E-state index is 13.0. The first-order valence-electron chi connectivity index (χ1n) is 12.5. The van der Waals surface area contributed by atoms with Gasteiger partial charge in [0.1, 0.15) is 17.5 Å². The molecular formula is C26H36N8O. The van der Waals surface area contributed by atoms with E-state index in [1.165, 1.54) is 24.6 Å². The van der Waals surface area contributed by atoms with Crippen LogP contribution in [0.3, 0.4) is 0 Å². The van der Waals surface area contributed by atoms with Crippen LogP contribution in [-0.4, -0.2) is 70.6 Å². The first-order valence-corrected chi connectivity index (χ1v) is 12.5. The largest absolute Gasteiger partial charge is 0.382 e. The van der Waals surface area contributed by atoms with Crippen molar-refractivity contribution in [1.29, 1.82) is 5.26 Å². The summed E-state index contributed by atoms with van der Waals surface area (Å²) in [6, 6.07) is 12.6. The van der Waals surface area contributed by atoms with Crippen LogP contribution in [0.4, 0.5) is 16.6 Å². The maximum Gasteiger partial charge on any atom is 0.318 e. The number of anilines is 2. The molecule has 2 aliphatic heterocycles. The Bertz CT molecular complexity index is 1020. The molecule has 0 spiro atoms. The van der Waals surface area contributed by atoms with Crippen LogP contribution >= 0.6 is 0 Å². The molecule has 35 heavy (non-hydrogen) atoms. The van der Waals surface area contributed by atoms with Crippen molar-refractivity contribution in [3.8, 4) is 6.07 Å². The van der Waals surface area contributed by atoms with Gasteiger partial charge in [0.2, 0.25) is 5.95 Å². The molecule has 2 amide bonds. The van der Waals surface area contributed by atoms with E-state index in [9.17, 15) is 4.79 Å². The second-order valence-corrected chi connectivity index (χ2v) is 9.82. The molecule has 2 atom stereocenters. The standard InChI is InChI=1S/C26H36N8O/c1-19-16-33(25-30-15-23(14-27)24(28)31-25)17-20(2)34(19)26(35)29-11-8-21-9-12-32(13-10-21)18-22-6-4-3-5-7-22/h3-7,15,19-21H,8-13,16-18H2,1-2H3,(H,29,35)(H2,28,30,31)/t19-,20+. The minimum atomic E-state index is -0.00794. The minimum Gasteiger partial charge on any atom is -0.382 e. The lowest BCUT2D eigenvalue weighted by Crippen LogP contribution is -2.61. The van der Waals surface area contributed by atoms with Crippen molar-refractivity contribution in [2.45, 2.75) is 51.7 Å². The van der Waals surface area contributed by atoms with E-state index >= 15 is 0 Å². The quantitative estimate of drug-likeness (QED) is 0.659. The number of benzene rings is 1. The van der Waals surface area contributed by atoms with E-state index in [2.05, 4.69) is 50.5 Å². The molecule has 3 heterocycles. The topological polar surface area (TPSA) is 114 Å². The first-order chi connectivity index (χ1) is 16.9. The van der Waals surface area contributed by atoms with E-state index in [0.717, 1.165) is 26.1 Å². The molecule has 2 aliphatic rings. The number of hydrogen-bond acceptors (Lipinski definition) is 7. The highest BCUT2D eigenvalue weighted by molar-refractivity contribution is 5.75. The molecule has 4 rings (SSSR count). The van der Waals surface area contributed by atoms with E-state index in [-0.39, 0.29) is 29.5 Å². The van der Waals surface area contributed by atoms with Gasteiger partial charge in [-0.3, -0.25) is 4.90 Å². The van der Waals surface area contributed by atoms with Crippen molar-refractivity contribution < 1.29 is 4.79 Å². The summed E-state index contributed by atoms with van der Waals surface area (Å²) < 4.78 is 0. The number of piperazine rings is 1. The molecule has 0 radical (unpaired) electrons. The van der Waals surface area contributed by atoms with Crippen LogP contribution in [0.25, 0.3) is 0 Å². The number of piperidine rings is 1. The lowest BCUT2D eigenvalue weighted by atomic mass is 9.93. The van der Waals surface area contributed by atoms with Crippen LogP contribution < -0.4 is 16.0 Å². The normalized spacial score (nSPS) is 21.5. The summed E-state index contributed by atoms with van der Waals surface area (Å²) >= 11 is 0. The number of urea groups is 1. The van der Waals surface area contributed by atoms with Crippen LogP contribution in [0.5, 0.6) is 0 Å². The second kappa shape index (κ2) is 11.4. The monoisotopic (exact) mass is 476 g/mol. The summed E-state index contributed by atoms with van der Waals surface area (Å²) in [6.45, 7) is 9.27. The Hall–Kier alpha value is -3.38. The Morgan fingerprint density at radius 3 is 2.49 bits per heavy atom. The number of likely N-dealkylation sites (tertiary alicyclic amines) is 1. The second-order valence-electron chi connectivity index (χ2n) is 9.82. The summed E-state index contributed by atoms with van der Waals surface area (Å²) in [6.07, 6.45) is 4.84. The molecule has 2 aromatic rings. The van der Waals surface area contributed by atoms with Crippen molar-refractivity contribution >= 4 is 17.8 Å². The van der Waals surface area contributed by atoms with Gasteiger partial charge in [-0.05, 0) is 57.7 Å². The Labute approximate surface area is 207 Å². The van der Waals surface area contributed by atoms with Crippen molar-refractivity contribution in [3.63, 3.8) is 0 Å². The summed E-state index contributed by atoms with van der Waals surface area (Å²) in [7, 11) is 0. The molecular weight excluding hydrogens is 440 g/mol. The zero-order valence-corrected chi connectivity index (χ0v) is 20.7. The highest BCUT2D eigenvalue weighted by atomic mass is 16.2. The maximum absolute atomic E-state index is 13.0. The van der Waals surface area contributed by atoms with Crippen molar-refractivity contribution in [3.05, 3.63) is 47.7 Å². The number of nitrogen functional groups attached to an aromatic ring is 1. The molecule has 1 aromatic heterocycles. The van der Waals surface area contributed by atoms with Crippen molar-refractivity contribution in [2.75, 3.05) is 43.4 Å². The number of nitrogens with two attached hydrogens (primary N) is 1. The molecule has 0 unspecified atom stereocenters. The van der Waals surface area contributed by atoms with Crippen LogP contribution in [0, 0.1) is 17.2 Å². The molecule has 2 fully saturated rings.